The normalized spacial score (nSPS) is 10.1. The SMILES string of the molecule is CC[N+](CC=C=O)(C(=C=O)C=C=O)C(=C=O)C=C=O.[Cl-].[Cr]. The number of quaternary nitrogens is 1. The van der Waals surface area contributed by atoms with Gasteiger partial charge in [0, 0.05) is 17.4 Å². The molecule has 0 bridgehead atoms. The largest absolute Gasteiger partial charge is 1.00 e. The molecular formula is C13H10ClCrNO5. The van der Waals surface area contributed by atoms with Crippen molar-refractivity contribution in [1.82, 2.24) is 0 Å². The minimum atomic E-state index is -0.563. The Labute approximate surface area is 137 Å². The fourth-order valence-corrected chi connectivity index (χ4v) is 1.58. The molecule has 0 atom stereocenters. The van der Waals surface area contributed by atoms with Crippen molar-refractivity contribution < 1.29 is 58.2 Å². The zero-order chi connectivity index (χ0) is 14.7. The number of hydrogen-bond acceptors (Lipinski definition) is 5. The predicted molar refractivity (Wildman–Crippen MR) is 64.9 cm³/mol. The Bertz CT molecular complexity index is 558. The summed E-state index contributed by atoms with van der Waals surface area (Å²) < 4.78 is -0.563. The van der Waals surface area contributed by atoms with Gasteiger partial charge in [-0.1, -0.05) is 0 Å². The van der Waals surface area contributed by atoms with Crippen molar-refractivity contribution >= 4 is 29.7 Å². The first-order valence-electron chi connectivity index (χ1n) is 5.16. The summed E-state index contributed by atoms with van der Waals surface area (Å²) in [6.07, 6.45) is 2.59. The van der Waals surface area contributed by atoms with Crippen molar-refractivity contribution in [1.29, 1.82) is 0 Å². The van der Waals surface area contributed by atoms with Gasteiger partial charge in [-0.2, -0.15) is 0 Å². The monoisotopic (exact) mass is 347 g/mol. The number of nitrogens with zero attached hydrogens (tertiary/aromatic N) is 1. The molecule has 0 rings (SSSR count). The third kappa shape index (κ3) is 5.90. The molecule has 0 saturated heterocycles. The maximum Gasteiger partial charge on any atom is 0.234 e. The van der Waals surface area contributed by atoms with Crippen molar-refractivity contribution in [2.24, 2.45) is 0 Å². The van der Waals surface area contributed by atoms with E-state index in [1.54, 1.807) is 6.92 Å². The third-order valence-electron chi connectivity index (χ3n) is 2.55. The number of likely N-dealkylation sites (N-methyl/N-ethyl adjacent to an activating group) is 1. The van der Waals surface area contributed by atoms with Gasteiger partial charge in [-0.05, 0) is 6.92 Å². The molecule has 0 aliphatic rings. The molecule has 0 radical (unpaired) electrons. The van der Waals surface area contributed by atoms with Crippen molar-refractivity contribution in [3.05, 3.63) is 29.6 Å². The average molecular weight is 348 g/mol. The molecule has 0 unspecified atom stereocenters. The van der Waals surface area contributed by atoms with Crippen LogP contribution in [0.3, 0.4) is 0 Å². The second kappa shape index (κ2) is 13.0. The second-order valence-corrected chi connectivity index (χ2v) is 3.29. The van der Waals surface area contributed by atoms with Crippen LogP contribution in [0.1, 0.15) is 6.92 Å². The van der Waals surface area contributed by atoms with E-state index < -0.39 is 4.48 Å². The summed E-state index contributed by atoms with van der Waals surface area (Å²) in [5.74, 6) is 7.29. The minimum absolute atomic E-state index is 0. The zero-order valence-corrected chi connectivity index (χ0v) is 13.0. The van der Waals surface area contributed by atoms with Crippen LogP contribution in [0.4, 0.5) is 0 Å². The second-order valence-electron chi connectivity index (χ2n) is 3.29. The van der Waals surface area contributed by atoms with Gasteiger partial charge in [-0.3, -0.25) is 0 Å². The van der Waals surface area contributed by atoms with E-state index in [1.165, 1.54) is 29.7 Å². The molecule has 0 aliphatic heterocycles. The summed E-state index contributed by atoms with van der Waals surface area (Å²) in [5.41, 5.74) is -0.511. The van der Waals surface area contributed by atoms with Gasteiger partial charge in [0.25, 0.3) is 0 Å². The molecule has 0 N–H and O–H groups in total. The van der Waals surface area contributed by atoms with Crippen molar-refractivity contribution in [2.45, 2.75) is 6.92 Å². The van der Waals surface area contributed by atoms with E-state index in [0.717, 1.165) is 18.2 Å². The molecule has 0 saturated carbocycles. The average Bonchev–Trinajstić information content (AvgIpc) is 2.45. The molecule has 0 aromatic rings. The molecule has 0 heterocycles. The molecule has 0 spiro atoms. The molecule has 21 heavy (non-hydrogen) atoms. The molecule has 0 aromatic carbocycles. The maximum atomic E-state index is 10.9. The Morgan fingerprint density at radius 2 is 1.33 bits per heavy atom. The molecular weight excluding hydrogens is 338 g/mol. The summed E-state index contributed by atoms with van der Waals surface area (Å²) in [7, 11) is 0. The topological polar surface area (TPSA) is 85.3 Å². The summed E-state index contributed by atoms with van der Waals surface area (Å²) >= 11 is 0. The smallest absolute Gasteiger partial charge is 0.234 e. The maximum absolute atomic E-state index is 10.9. The molecule has 0 aromatic heterocycles. The minimum Gasteiger partial charge on any atom is -1.00 e. The van der Waals surface area contributed by atoms with Crippen LogP contribution in [0.2, 0.25) is 0 Å². The van der Waals surface area contributed by atoms with Gasteiger partial charge >= 0.3 is 0 Å². The number of hydrogen-bond donors (Lipinski definition) is 0. The Kier molecular flexibility index (Phi) is 14.9. The van der Waals surface area contributed by atoms with E-state index in [9.17, 15) is 24.0 Å². The van der Waals surface area contributed by atoms with Crippen molar-refractivity contribution in [3.8, 4) is 0 Å². The van der Waals surface area contributed by atoms with Crippen LogP contribution >= 0.6 is 0 Å². The molecule has 0 fully saturated rings. The fourth-order valence-electron chi connectivity index (χ4n) is 1.58. The number of rotatable bonds is 7. The van der Waals surface area contributed by atoms with Crippen molar-refractivity contribution in [3.63, 3.8) is 0 Å². The quantitative estimate of drug-likeness (QED) is 0.270. The van der Waals surface area contributed by atoms with Crippen LogP contribution in [0.5, 0.6) is 0 Å². The van der Waals surface area contributed by atoms with Gasteiger partial charge in [-0.15, -0.1) is 0 Å². The third-order valence-corrected chi connectivity index (χ3v) is 2.55. The number of halogens is 1. The van der Waals surface area contributed by atoms with Crippen LogP contribution in [0.25, 0.3) is 0 Å². The van der Waals surface area contributed by atoms with E-state index in [4.69, 9.17) is 0 Å². The Morgan fingerprint density at radius 1 is 0.905 bits per heavy atom. The van der Waals surface area contributed by atoms with E-state index in [1.807, 2.05) is 0 Å². The van der Waals surface area contributed by atoms with E-state index in [2.05, 4.69) is 0 Å². The van der Waals surface area contributed by atoms with Gasteiger partial charge in [0.2, 0.25) is 11.4 Å². The van der Waals surface area contributed by atoms with Gasteiger partial charge < -0.3 is 12.4 Å². The first-order valence-corrected chi connectivity index (χ1v) is 5.16. The Morgan fingerprint density at radius 3 is 1.57 bits per heavy atom. The van der Waals surface area contributed by atoms with Crippen molar-refractivity contribution in [2.75, 3.05) is 13.1 Å². The Hall–Kier alpha value is -1.97. The van der Waals surface area contributed by atoms with Gasteiger partial charge in [0.05, 0.1) is 24.8 Å². The fraction of sp³-hybridized carbons (Fsp3) is 0.231. The van der Waals surface area contributed by atoms with Gasteiger partial charge in [0.15, 0.2) is 11.9 Å². The van der Waals surface area contributed by atoms with Crippen LogP contribution < -0.4 is 12.4 Å². The number of carbonyl (C=O) groups excluding carboxylic acids is 5. The predicted octanol–water partition coefficient (Wildman–Crippen LogP) is -3.58. The zero-order valence-electron chi connectivity index (χ0n) is 10.9. The van der Waals surface area contributed by atoms with Gasteiger partial charge in [0.1, 0.15) is 24.4 Å². The molecule has 0 amide bonds. The summed E-state index contributed by atoms with van der Waals surface area (Å²) in [5, 5.41) is 0. The Balaban J connectivity index is -0.00000162. The first-order chi connectivity index (χ1) is 9.16. The summed E-state index contributed by atoms with van der Waals surface area (Å²) in [6, 6.07) is 0. The molecule has 8 heteroatoms. The molecule has 6 nitrogen and oxygen atoms in total. The summed E-state index contributed by atoms with van der Waals surface area (Å²) in [4.78, 5) is 53.0. The first kappa shape index (κ1) is 24.1. The van der Waals surface area contributed by atoms with Crippen LogP contribution in [0, 0.1) is 0 Å². The summed E-state index contributed by atoms with van der Waals surface area (Å²) in [6.45, 7) is 1.53. The van der Waals surface area contributed by atoms with Crippen LogP contribution in [-0.4, -0.2) is 47.3 Å². The van der Waals surface area contributed by atoms with Gasteiger partial charge in [-0.25, -0.2) is 28.5 Å². The van der Waals surface area contributed by atoms with E-state index in [0.29, 0.717) is 0 Å². The van der Waals surface area contributed by atoms with Crippen LogP contribution in [0.15, 0.2) is 29.6 Å². The van der Waals surface area contributed by atoms with E-state index >= 15 is 0 Å². The standard InChI is InChI=1S/C13H10NO5.ClH.Cr/c1-2-14(6-3-7-15,12(10-18)4-8-16)13(11-19)5-9-17;;/h3-5H,2,6H2,1H3;1H;/q+1;;/p-1. The molecule has 110 valence electrons. The number of allylic oxidation sites excluding steroid dienone is 2. The van der Waals surface area contributed by atoms with E-state index in [-0.39, 0.29) is 54.3 Å². The molecule has 0 aliphatic carbocycles. The van der Waals surface area contributed by atoms with Crippen LogP contribution in [-0.2, 0) is 41.3 Å².